The van der Waals surface area contributed by atoms with Gasteiger partial charge in [0.05, 0.1) is 4.90 Å². The van der Waals surface area contributed by atoms with Crippen molar-refractivity contribution in [1.29, 1.82) is 0 Å². The lowest BCUT2D eigenvalue weighted by Gasteiger charge is -2.01. The Bertz CT molecular complexity index is 626. The molecular weight excluding hydrogens is 284 g/mol. The van der Waals surface area contributed by atoms with Gasteiger partial charge in [-0.15, -0.1) is 0 Å². The zero-order chi connectivity index (χ0) is 15.7. The first-order valence-electron chi connectivity index (χ1n) is 6.81. The second-order valence-corrected chi connectivity index (χ2v) is 6.68. The monoisotopic (exact) mass is 306 g/mol. The molecule has 0 amide bonds. The lowest BCUT2D eigenvalue weighted by atomic mass is 10.1. The van der Waals surface area contributed by atoms with Crippen LogP contribution >= 0.6 is 0 Å². The van der Waals surface area contributed by atoms with Gasteiger partial charge in [-0.1, -0.05) is 35.4 Å². The molecule has 1 aromatic carbocycles. The van der Waals surface area contributed by atoms with Gasteiger partial charge in [-0.05, 0) is 51.8 Å². The molecule has 0 fully saturated rings. The fourth-order valence-corrected chi connectivity index (χ4v) is 2.41. The molecule has 0 unspecified atom stereocenters. The molecule has 0 saturated heterocycles. The number of allylic oxidation sites excluding steroid dienone is 4. The van der Waals surface area contributed by atoms with E-state index in [9.17, 15) is 8.42 Å². The second-order valence-electron chi connectivity index (χ2n) is 5.02. The second kappa shape index (κ2) is 8.42. The first kappa shape index (κ1) is 17.2. The maximum absolute atomic E-state index is 11.9. The Balaban J connectivity index is 2.53. The van der Waals surface area contributed by atoms with E-state index in [0.29, 0.717) is 0 Å². The molecule has 0 atom stereocenters. The van der Waals surface area contributed by atoms with Crippen molar-refractivity contribution >= 4 is 16.2 Å². The van der Waals surface area contributed by atoms with E-state index in [2.05, 4.69) is 29.9 Å². The molecule has 0 spiro atoms. The third-order valence-corrected chi connectivity index (χ3v) is 3.99. The van der Waals surface area contributed by atoms with Crippen LogP contribution in [0.15, 0.2) is 63.6 Å². The third-order valence-electron chi connectivity index (χ3n) is 2.75. The van der Waals surface area contributed by atoms with E-state index in [4.69, 9.17) is 0 Å². The molecule has 1 N–H and O–H groups in total. The maximum atomic E-state index is 11.9. The number of hydrogen-bond donors (Lipinski definition) is 1. The molecule has 5 heteroatoms. The minimum atomic E-state index is -3.57. The van der Waals surface area contributed by atoms with Gasteiger partial charge in [0.1, 0.15) is 0 Å². The van der Waals surface area contributed by atoms with Gasteiger partial charge in [0, 0.05) is 6.21 Å². The first-order chi connectivity index (χ1) is 9.92. The SMILES string of the molecule is CC(C)=CCCC(C)=CC=NNS(=O)(=O)c1ccccc1. The molecule has 4 nitrogen and oxygen atoms in total. The Hall–Kier alpha value is -1.88. The van der Waals surface area contributed by atoms with Crippen LogP contribution in [-0.2, 0) is 10.0 Å². The first-order valence-corrected chi connectivity index (χ1v) is 8.29. The van der Waals surface area contributed by atoms with Crippen LogP contribution in [0, 0.1) is 0 Å². The largest absolute Gasteiger partial charge is 0.276 e. The molecule has 0 radical (unpaired) electrons. The van der Waals surface area contributed by atoms with Gasteiger partial charge < -0.3 is 0 Å². The average Bonchev–Trinajstić information content (AvgIpc) is 2.44. The van der Waals surface area contributed by atoms with Gasteiger partial charge in [-0.2, -0.15) is 13.5 Å². The predicted octanol–water partition coefficient (Wildman–Crippen LogP) is 3.64. The molecular formula is C16H22N2O2S. The fourth-order valence-electron chi connectivity index (χ4n) is 1.59. The fraction of sp³-hybridized carbons (Fsp3) is 0.312. The van der Waals surface area contributed by atoms with Crippen LogP contribution in [-0.4, -0.2) is 14.6 Å². The zero-order valence-corrected chi connectivity index (χ0v) is 13.5. The Morgan fingerprint density at radius 3 is 2.48 bits per heavy atom. The molecule has 114 valence electrons. The minimum absolute atomic E-state index is 0.200. The van der Waals surface area contributed by atoms with Gasteiger partial charge in [0.25, 0.3) is 10.0 Å². The molecule has 0 aliphatic carbocycles. The van der Waals surface area contributed by atoms with Crippen molar-refractivity contribution in [3.8, 4) is 0 Å². The predicted molar refractivity (Wildman–Crippen MR) is 87.7 cm³/mol. The van der Waals surface area contributed by atoms with Crippen molar-refractivity contribution in [3.63, 3.8) is 0 Å². The number of sulfonamides is 1. The number of nitrogens with zero attached hydrogens (tertiary/aromatic N) is 1. The summed E-state index contributed by atoms with van der Waals surface area (Å²) in [6, 6.07) is 8.16. The van der Waals surface area contributed by atoms with Crippen LogP contribution in [0.5, 0.6) is 0 Å². The summed E-state index contributed by atoms with van der Waals surface area (Å²) in [7, 11) is -3.57. The van der Waals surface area contributed by atoms with Gasteiger partial charge in [0.2, 0.25) is 0 Å². The lowest BCUT2D eigenvalue weighted by Crippen LogP contribution is -2.17. The smallest absolute Gasteiger partial charge is 0.200 e. The van der Waals surface area contributed by atoms with Crippen LogP contribution in [0.4, 0.5) is 0 Å². The summed E-state index contributed by atoms with van der Waals surface area (Å²) >= 11 is 0. The summed E-state index contributed by atoms with van der Waals surface area (Å²) in [5, 5.41) is 3.75. The highest BCUT2D eigenvalue weighted by atomic mass is 32.2. The molecule has 0 aliphatic rings. The van der Waals surface area contributed by atoms with E-state index in [0.717, 1.165) is 18.4 Å². The van der Waals surface area contributed by atoms with E-state index in [-0.39, 0.29) is 4.90 Å². The molecule has 1 rings (SSSR count). The molecule has 21 heavy (non-hydrogen) atoms. The van der Waals surface area contributed by atoms with E-state index in [1.807, 2.05) is 13.0 Å². The van der Waals surface area contributed by atoms with Crippen molar-refractivity contribution in [2.24, 2.45) is 5.10 Å². The standard InChI is InChI=1S/C16H22N2O2S/c1-14(2)8-7-9-15(3)12-13-17-18-21(19,20)16-10-5-4-6-11-16/h4-6,8,10-13,18H,7,9H2,1-3H3. The topological polar surface area (TPSA) is 58.5 Å². The van der Waals surface area contributed by atoms with Crippen molar-refractivity contribution in [3.05, 3.63) is 53.6 Å². The number of hydrogen-bond acceptors (Lipinski definition) is 3. The molecule has 0 aliphatic heterocycles. The number of benzene rings is 1. The number of nitrogens with one attached hydrogen (secondary N) is 1. The van der Waals surface area contributed by atoms with E-state index in [1.165, 1.54) is 23.9 Å². The summed E-state index contributed by atoms with van der Waals surface area (Å²) < 4.78 is 23.7. The molecule has 0 heterocycles. The van der Waals surface area contributed by atoms with Crippen molar-refractivity contribution < 1.29 is 8.42 Å². The summed E-state index contributed by atoms with van der Waals surface area (Å²) in [6.07, 6.45) is 7.37. The molecule has 0 saturated carbocycles. The minimum Gasteiger partial charge on any atom is -0.200 e. The van der Waals surface area contributed by atoms with Crippen LogP contribution in [0.1, 0.15) is 33.6 Å². The van der Waals surface area contributed by atoms with Crippen LogP contribution < -0.4 is 4.83 Å². The normalized spacial score (nSPS) is 12.4. The molecule has 1 aromatic rings. The Morgan fingerprint density at radius 2 is 1.86 bits per heavy atom. The van der Waals surface area contributed by atoms with Gasteiger partial charge in [0.15, 0.2) is 0 Å². The van der Waals surface area contributed by atoms with Gasteiger partial charge in [-0.25, -0.2) is 4.83 Å². The number of rotatable bonds is 7. The quantitative estimate of drug-likeness (QED) is 0.475. The Labute approximate surface area is 127 Å². The maximum Gasteiger partial charge on any atom is 0.276 e. The van der Waals surface area contributed by atoms with Gasteiger partial charge >= 0.3 is 0 Å². The lowest BCUT2D eigenvalue weighted by molar-refractivity contribution is 0.584. The van der Waals surface area contributed by atoms with E-state index in [1.54, 1.807) is 18.2 Å². The molecule has 0 aromatic heterocycles. The van der Waals surface area contributed by atoms with Gasteiger partial charge in [-0.3, -0.25) is 0 Å². The summed E-state index contributed by atoms with van der Waals surface area (Å²) in [5.41, 5.74) is 2.45. The molecule has 0 bridgehead atoms. The Morgan fingerprint density at radius 1 is 1.19 bits per heavy atom. The van der Waals surface area contributed by atoms with E-state index >= 15 is 0 Å². The van der Waals surface area contributed by atoms with Crippen LogP contribution in [0.3, 0.4) is 0 Å². The van der Waals surface area contributed by atoms with Crippen molar-refractivity contribution in [2.75, 3.05) is 0 Å². The summed E-state index contributed by atoms with van der Waals surface area (Å²) in [6.45, 7) is 6.13. The Kier molecular flexibility index (Phi) is 6.88. The van der Waals surface area contributed by atoms with Crippen molar-refractivity contribution in [2.45, 2.75) is 38.5 Å². The van der Waals surface area contributed by atoms with Crippen LogP contribution in [0.25, 0.3) is 0 Å². The summed E-state index contributed by atoms with van der Waals surface area (Å²) in [5.74, 6) is 0. The highest BCUT2D eigenvalue weighted by molar-refractivity contribution is 7.89. The number of hydrazone groups is 1. The van der Waals surface area contributed by atoms with E-state index < -0.39 is 10.0 Å². The summed E-state index contributed by atoms with van der Waals surface area (Å²) in [4.78, 5) is 2.39. The van der Waals surface area contributed by atoms with Crippen LogP contribution in [0.2, 0.25) is 0 Å². The highest BCUT2D eigenvalue weighted by Gasteiger charge is 2.10. The zero-order valence-electron chi connectivity index (χ0n) is 12.7. The highest BCUT2D eigenvalue weighted by Crippen LogP contribution is 2.07. The van der Waals surface area contributed by atoms with Crippen molar-refractivity contribution in [1.82, 2.24) is 4.83 Å². The third kappa shape index (κ3) is 6.90. The average molecular weight is 306 g/mol.